The smallest absolute Gasteiger partial charge is 0.272 e. The van der Waals surface area contributed by atoms with E-state index in [4.69, 9.17) is 5.11 Å². The van der Waals surface area contributed by atoms with Crippen molar-refractivity contribution in [2.24, 2.45) is 0 Å². The van der Waals surface area contributed by atoms with E-state index in [2.05, 4.69) is 9.71 Å². The zero-order valence-corrected chi connectivity index (χ0v) is 12.2. The quantitative estimate of drug-likeness (QED) is 0.905. The largest absolute Gasteiger partial charge is 0.391 e. The van der Waals surface area contributed by atoms with Crippen LogP contribution in [0.1, 0.15) is 16.1 Å². The van der Waals surface area contributed by atoms with E-state index in [0.29, 0.717) is 10.7 Å². The number of aliphatic hydroxyl groups excluding tert-OH is 1. The summed E-state index contributed by atoms with van der Waals surface area (Å²) in [4.78, 5) is 4.74. The minimum atomic E-state index is -3.64. The van der Waals surface area contributed by atoms with Gasteiger partial charge in [-0.2, -0.15) is 0 Å². The van der Waals surface area contributed by atoms with Gasteiger partial charge in [0.25, 0.3) is 10.0 Å². The first-order valence-electron chi connectivity index (χ1n) is 5.58. The van der Waals surface area contributed by atoms with Crippen molar-refractivity contribution in [2.75, 3.05) is 4.72 Å². The molecule has 0 bridgehead atoms. The molecule has 7 heteroatoms. The highest BCUT2D eigenvalue weighted by molar-refractivity contribution is 7.94. The zero-order valence-electron chi connectivity index (χ0n) is 10.5. The Balaban J connectivity index is 2.30. The number of hydrogen-bond acceptors (Lipinski definition) is 5. The van der Waals surface area contributed by atoms with Gasteiger partial charge < -0.3 is 5.11 Å². The van der Waals surface area contributed by atoms with Gasteiger partial charge in [0.2, 0.25) is 0 Å². The van der Waals surface area contributed by atoms with Crippen LogP contribution in [-0.2, 0) is 16.6 Å². The molecule has 0 unspecified atom stereocenters. The molecular formula is C12H14N2O3S2. The molecule has 5 nitrogen and oxygen atoms in total. The van der Waals surface area contributed by atoms with Gasteiger partial charge in [0.05, 0.1) is 6.61 Å². The number of sulfonamides is 1. The van der Waals surface area contributed by atoms with Crippen LogP contribution in [0.4, 0.5) is 5.82 Å². The lowest BCUT2D eigenvalue weighted by molar-refractivity contribution is 0.285. The van der Waals surface area contributed by atoms with Gasteiger partial charge in [-0.15, -0.1) is 11.3 Å². The number of thiophene rings is 1. The Morgan fingerprint density at radius 1 is 1.32 bits per heavy atom. The molecule has 0 atom stereocenters. The summed E-state index contributed by atoms with van der Waals surface area (Å²) < 4.78 is 26.9. The van der Waals surface area contributed by atoms with Crippen molar-refractivity contribution < 1.29 is 13.5 Å². The van der Waals surface area contributed by atoms with Crippen molar-refractivity contribution in [1.29, 1.82) is 0 Å². The lowest BCUT2D eigenvalue weighted by Crippen LogP contribution is -2.13. The standard InChI is InChI=1S/C12H14N2O3S2/c1-8-5-9(2)13-11(6-8)14-19(16,17)12-4-3-10(7-15)18-12/h3-6,15H,7H2,1-2H3,(H,13,14). The Bertz CT molecular complexity index is 673. The minimum absolute atomic E-state index is 0.164. The second-order valence-electron chi connectivity index (χ2n) is 4.16. The molecule has 2 rings (SSSR count). The molecule has 0 spiro atoms. The Morgan fingerprint density at radius 2 is 2.05 bits per heavy atom. The predicted molar refractivity (Wildman–Crippen MR) is 74.8 cm³/mol. The number of anilines is 1. The third kappa shape index (κ3) is 3.31. The van der Waals surface area contributed by atoms with Crippen LogP contribution in [-0.4, -0.2) is 18.5 Å². The van der Waals surface area contributed by atoms with Crippen molar-refractivity contribution in [2.45, 2.75) is 24.7 Å². The highest BCUT2D eigenvalue weighted by Crippen LogP contribution is 2.23. The highest BCUT2D eigenvalue weighted by atomic mass is 32.2. The summed E-state index contributed by atoms with van der Waals surface area (Å²) in [6, 6.07) is 6.60. The van der Waals surface area contributed by atoms with Gasteiger partial charge >= 0.3 is 0 Å². The summed E-state index contributed by atoms with van der Waals surface area (Å²) in [6.45, 7) is 3.52. The van der Waals surface area contributed by atoms with Crippen LogP contribution in [0.3, 0.4) is 0 Å². The average Bonchev–Trinajstić information content (AvgIpc) is 2.75. The van der Waals surface area contributed by atoms with Crippen molar-refractivity contribution in [3.8, 4) is 0 Å². The molecular weight excluding hydrogens is 284 g/mol. The van der Waals surface area contributed by atoms with Gasteiger partial charge in [0, 0.05) is 10.6 Å². The highest BCUT2D eigenvalue weighted by Gasteiger charge is 2.17. The van der Waals surface area contributed by atoms with E-state index in [-0.39, 0.29) is 10.8 Å². The Labute approximate surface area is 116 Å². The topological polar surface area (TPSA) is 79.3 Å². The van der Waals surface area contributed by atoms with Gasteiger partial charge in [-0.3, -0.25) is 4.72 Å². The number of pyridine rings is 1. The monoisotopic (exact) mass is 298 g/mol. The molecule has 0 fully saturated rings. The molecule has 2 heterocycles. The van der Waals surface area contributed by atoms with Crippen LogP contribution in [0, 0.1) is 13.8 Å². The van der Waals surface area contributed by atoms with E-state index in [0.717, 1.165) is 22.6 Å². The Kier molecular flexibility index (Phi) is 3.88. The maximum atomic E-state index is 12.1. The van der Waals surface area contributed by atoms with Gasteiger partial charge in [0.1, 0.15) is 10.0 Å². The Morgan fingerprint density at radius 3 is 2.63 bits per heavy atom. The average molecular weight is 298 g/mol. The number of nitrogens with zero attached hydrogens (tertiary/aromatic N) is 1. The molecule has 0 saturated heterocycles. The van der Waals surface area contributed by atoms with E-state index >= 15 is 0 Å². The van der Waals surface area contributed by atoms with Gasteiger partial charge in [-0.05, 0) is 43.7 Å². The van der Waals surface area contributed by atoms with Gasteiger partial charge in [-0.1, -0.05) is 0 Å². The van der Waals surface area contributed by atoms with Crippen molar-refractivity contribution >= 4 is 27.2 Å². The summed E-state index contributed by atoms with van der Waals surface area (Å²) in [5.74, 6) is 0.302. The van der Waals surface area contributed by atoms with Crippen LogP contribution in [0.15, 0.2) is 28.5 Å². The molecule has 0 aliphatic rings. The normalized spacial score (nSPS) is 11.5. The van der Waals surface area contributed by atoms with E-state index in [9.17, 15) is 8.42 Å². The van der Waals surface area contributed by atoms with Crippen LogP contribution in [0.5, 0.6) is 0 Å². The fourth-order valence-electron chi connectivity index (χ4n) is 1.67. The summed E-state index contributed by atoms with van der Waals surface area (Å²) in [6.07, 6.45) is 0. The second-order valence-corrected chi connectivity index (χ2v) is 7.23. The first kappa shape index (κ1) is 14.0. The molecule has 19 heavy (non-hydrogen) atoms. The van der Waals surface area contributed by atoms with Gasteiger partial charge in [0.15, 0.2) is 0 Å². The minimum Gasteiger partial charge on any atom is -0.391 e. The number of aryl methyl sites for hydroxylation is 2. The molecule has 0 aliphatic carbocycles. The summed E-state index contributed by atoms with van der Waals surface area (Å²) >= 11 is 1.04. The number of aromatic nitrogens is 1. The van der Waals surface area contributed by atoms with Crippen LogP contribution >= 0.6 is 11.3 Å². The zero-order chi connectivity index (χ0) is 14.0. The molecule has 0 amide bonds. The first-order chi connectivity index (χ1) is 8.90. The Hall–Kier alpha value is -1.44. The maximum absolute atomic E-state index is 12.1. The summed E-state index contributed by atoms with van der Waals surface area (Å²) in [5.41, 5.74) is 1.69. The molecule has 2 aromatic rings. The first-order valence-corrected chi connectivity index (χ1v) is 7.88. The lowest BCUT2D eigenvalue weighted by Gasteiger charge is -2.07. The summed E-state index contributed by atoms with van der Waals surface area (Å²) in [5, 5.41) is 8.96. The third-order valence-corrected chi connectivity index (χ3v) is 5.31. The number of nitrogens with one attached hydrogen (secondary N) is 1. The van der Waals surface area contributed by atoms with E-state index in [1.54, 1.807) is 19.1 Å². The van der Waals surface area contributed by atoms with Crippen LogP contribution < -0.4 is 4.72 Å². The molecule has 0 radical (unpaired) electrons. The number of rotatable bonds is 4. The van der Waals surface area contributed by atoms with E-state index in [1.807, 2.05) is 13.0 Å². The number of aliphatic hydroxyl groups is 1. The van der Waals surface area contributed by atoms with E-state index in [1.165, 1.54) is 6.07 Å². The van der Waals surface area contributed by atoms with Crippen LogP contribution in [0.2, 0.25) is 0 Å². The lowest BCUT2D eigenvalue weighted by atomic mass is 10.2. The van der Waals surface area contributed by atoms with Crippen molar-refractivity contribution in [1.82, 2.24) is 4.98 Å². The molecule has 0 aromatic carbocycles. The van der Waals surface area contributed by atoms with Crippen molar-refractivity contribution in [3.63, 3.8) is 0 Å². The van der Waals surface area contributed by atoms with E-state index < -0.39 is 10.0 Å². The third-order valence-electron chi connectivity index (χ3n) is 2.39. The molecule has 0 saturated carbocycles. The predicted octanol–water partition coefficient (Wildman–Crippen LogP) is 2.05. The van der Waals surface area contributed by atoms with Crippen LogP contribution in [0.25, 0.3) is 0 Å². The molecule has 2 aromatic heterocycles. The summed E-state index contributed by atoms with van der Waals surface area (Å²) in [7, 11) is -3.64. The van der Waals surface area contributed by atoms with Crippen molar-refractivity contribution in [3.05, 3.63) is 40.4 Å². The fourth-order valence-corrected chi connectivity index (χ4v) is 3.88. The van der Waals surface area contributed by atoms with Gasteiger partial charge in [-0.25, -0.2) is 13.4 Å². The molecule has 0 aliphatic heterocycles. The fraction of sp³-hybridized carbons (Fsp3) is 0.250. The molecule has 2 N–H and O–H groups in total. The SMILES string of the molecule is Cc1cc(C)nc(NS(=O)(=O)c2ccc(CO)s2)c1. The number of hydrogen-bond donors (Lipinski definition) is 2. The molecule has 102 valence electrons. The second kappa shape index (κ2) is 5.28. The maximum Gasteiger partial charge on any atom is 0.272 e.